The van der Waals surface area contributed by atoms with Crippen molar-refractivity contribution in [1.29, 1.82) is 0 Å². The van der Waals surface area contributed by atoms with Gasteiger partial charge in [-0.15, -0.1) is 0 Å². The minimum absolute atomic E-state index is 0.837. The van der Waals surface area contributed by atoms with Crippen molar-refractivity contribution in [3.8, 4) is 0 Å². The molecule has 0 saturated heterocycles. The molecule has 0 bridgehead atoms. The van der Waals surface area contributed by atoms with Crippen molar-refractivity contribution in [3.63, 3.8) is 0 Å². The van der Waals surface area contributed by atoms with E-state index in [2.05, 4.69) is 80.2 Å². The molecule has 0 radical (unpaired) electrons. The van der Waals surface area contributed by atoms with Gasteiger partial charge in [0, 0.05) is 18.1 Å². The van der Waals surface area contributed by atoms with E-state index in [1.807, 2.05) is 0 Å². The fourth-order valence-corrected chi connectivity index (χ4v) is 2.82. The largest absolute Gasteiger partial charge is 0.325 e. The standard InChI is InChI=1S/C16H14BrN3/c1-2-20(16-14(17)10-18-11-19-16)15-9-5-7-12-6-3-4-8-13(12)15/h3-11H,2H2,1H3. The summed E-state index contributed by atoms with van der Waals surface area (Å²) in [6.45, 7) is 2.96. The third-order valence-electron chi connectivity index (χ3n) is 3.28. The van der Waals surface area contributed by atoms with Gasteiger partial charge in [0.2, 0.25) is 0 Å². The average molecular weight is 328 g/mol. The summed E-state index contributed by atoms with van der Waals surface area (Å²) < 4.78 is 0.898. The molecular weight excluding hydrogens is 314 g/mol. The maximum atomic E-state index is 4.40. The number of nitrogens with zero attached hydrogens (tertiary/aromatic N) is 3. The third kappa shape index (κ3) is 2.27. The van der Waals surface area contributed by atoms with E-state index in [4.69, 9.17) is 0 Å². The molecule has 20 heavy (non-hydrogen) atoms. The van der Waals surface area contributed by atoms with Crippen LogP contribution in [0.3, 0.4) is 0 Å². The van der Waals surface area contributed by atoms with Crippen LogP contribution in [-0.4, -0.2) is 16.5 Å². The zero-order chi connectivity index (χ0) is 13.9. The minimum atomic E-state index is 0.837. The van der Waals surface area contributed by atoms with Gasteiger partial charge in [-0.1, -0.05) is 36.4 Å². The molecule has 0 spiro atoms. The predicted molar refractivity (Wildman–Crippen MR) is 86.4 cm³/mol. The first kappa shape index (κ1) is 13.1. The van der Waals surface area contributed by atoms with Crippen LogP contribution in [0.4, 0.5) is 11.5 Å². The Morgan fingerprint density at radius 1 is 1.10 bits per heavy atom. The number of hydrogen-bond donors (Lipinski definition) is 0. The summed E-state index contributed by atoms with van der Waals surface area (Å²) in [5.74, 6) is 0.888. The Morgan fingerprint density at radius 2 is 1.90 bits per heavy atom. The molecule has 2 aromatic carbocycles. The molecule has 3 rings (SSSR count). The van der Waals surface area contributed by atoms with Crippen LogP contribution in [0.15, 0.2) is 59.5 Å². The van der Waals surface area contributed by atoms with Gasteiger partial charge in [-0.2, -0.15) is 0 Å². The monoisotopic (exact) mass is 327 g/mol. The summed E-state index contributed by atoms with van der Waals surface area (Å²) in [5, 5.41) is 2.45. The van der Waals surface area contributed by atoms with Crippen LogP contribution >= 0.6 is 15.9 Å². The van der Waals surface area contributed by atoms with Crippen LogP contribution in [0, 0.1) is 0 Å². The molecule has 3 nitrogen and oxygen atoms in total. The van der Waals surface area contributed by atoms with E-state index in [0.29, 0.717) is 0 Å². The molecule has 0 aliphatic carbocycles. The van der Waals surface area contributed by atoms with Crippen LogP contribution in [0.25, 0.3) is 10.8 Å². The molecule has 0 N–H and O–H groups in total. The van der Waals surface area contributed by atoms with E-state index in [-0.39, 0.29) is 0 Å². The molecule has 0 aliphatic heterocycles. The summed E-state index contributed by atoms with van der Waals surface area (Å²) in [6.07, 6.45) is 3.35. The molecule has 0 saturated carbocycles. The zero-order valence-electron chi connectivity index (χ0n) is 11.1. The molecule has 1 aromatic heterocycles. The first-order valence-corrected chi connectivity index (χ1v) is 7.31. The van der Waals surface area contributed by atoms with E-state index in [0.717, 1.165) is 22.5 Å². The minimum Gasteiger partial charge on any atom is -0.325 e. The summed E-state index contributed by atoms with van der Waals surface area (Å²) in [6, 6.07) is 14.7. The molecule has 4 heteroatoms. The van der Waals surface area contributed by atoms with Gasteiger partial charge in [0.25, 0.3) is 0 Å². The fraction of sp³-hybridized carbons (Fsp3) is 0.125. The van der Waals surface area contributed by atoms with Crippen molar-refractivity contribution < 1.29 is 0 Å². The Balaban J connectivity index is 2.20. The topological polar surface area (TPSA) is 29.0 Å². The lowest BCUT2D eigenvalue weighted by atomic mass is 10.1. The molecular formula is C16H14BrN3. The highest BCUT2D eigenvalue weighted by atomic mass is 79.9. The number of benzene rings is 2. The molecule has 0 amide bonds. The van der Waals surface area contributed by atoms with Crippen LogP contribution in [-0.2, 0) is 0 Å². The molecule has 0 aliphatic rings. The summed E-state index contributed by atoms with van der Waals surface area (Å²) >= 11 is 3.53. The van der Waals surface area contributed by atoms with Crippen molar-refractivity contribution in [2.75, 3.05) is 11.4 Å². The van der Waals surface area contributed by atoms with Crippen molar-refractivity contribution >= 4 is 38.2 Å². The highest BCUT2D eigenvalue weighted by Crippen LogP contribution is 2.33. The number of halogens is 1. The lowest BCUT2D eigenvalue weighted by molar-refractivity contribution is 0.973. The van der Waals surface area contributed by atoms with Gasteiger partial charge in [-0.25, -0.2) is 9.97 Å². The fourth-order valence-electron chi connectivity index (χ4n) is 2.38. The smallest absolute Gasteiger partial charge is 0.150 e. The summed E-state index contributed by atoms with van der Waals surface area (Å²) in [5.41, 5.74) is 1.16. The number of fused-ring (bicyclic) bond motifs is 1. The van der Waals surface area contributed by atoms with Gasteiger partial charge in [-0.3, -0.25) is 0 Å². The van der Waals surface area contributed by atoms with Crippen LogP contribution in [0.2, 0.25) is 0 Å². The van der Waals surface area contributed by atoms with Gasteiger partial charge < -0.3 is 4.90 Å². The van der Waals surface area contributed by atoms with Gasteiger partial charge in [0.05, 0.1) is 10.2 Å². The van der Waals surface area contributed by atoms with E-state index < -0.39 is 0 Å². The summed E-state index contributed by atoms with van der Waals surface area (Å²) in [4.78, 5) is 10.6. The highest BCUT2D eigenvalue weighted by molar-refractivity contribution is 9.10. The quantitative estimate of drug-likeness (QED) is 0.706. The predicted octanol–water partition coefficient (Wildman–Crippen LogP) is 4.55. The molecule has 1 heterocycles. The zero-order valence-corrected chi connectivity index (χ0v) is 12.7. The van der Waals surface area contributed by atoms with E-state index >= 15 is 0 Å². The normalized spacial score (nSPS) is 10.7. The Bertz CT molecular complexity index is 737. The molecule has 0 atom stereocenters. The van der Waals surface area contributed by atoms with E-state index in [9.17, 15) is 0 Å². The first-order valence-electron chi connectivity index (χ1n) is 6.52. The van der Waals surface area contributed by atoms with Crippen LogP contribution in [0.1, 0.15) is 6.92 Å². The maximum Gasteiger partial charge on any atom is 0.150 e. The van der Waals surface area contributed by atoms with Gasteiger partial charge in [0.1, 0.15) is 6.33 Å². The van der Waals surface area contributed by atoms with Crippen LogP contribution < -0.4 is 4.90 Å². The van der Waals surface area contributed by atoms with Crippen molar-refractivity contribution in [3.05, 3.63) is 59.5 Å². The first-order chi connectivity index (χ1) is 9.81. The van der Waals surface area contributed by atoms with Crippen LogP contribution in [0.5, 0.6) is 0 Å². The van der Waals surface area contributed by atoms with Gasteiger partial charge in [-0.05, 0) is 34.3 Å². The second-order valence-electron chi connectivity index (χ2n) is 4.44. The Kier molecular flexibility index (Phi) is 3.65. The molecule has 0 fully saturated rings. The third-order valence-corrected chi connectivity index (χ3v) is 3.84. The number of anilines is 2. The Morgan fingerprint density at radius 3 is 2.70 bits per heavy atom. The molecule has 3 aromatic rings. The number of rotatable bonds is 3. The highest BCUT2D eigenvalue weighted by Gasteiger charge is 2.14. The SMILES string of the molecule is CCN(c1ncncc1Br)c1cccc2ccccc12. The average Bonchev–Trinajstić information content (AvgIpc) is 2.50. The van der Waals surface area contributed by atoms with Gasteiger partial charge >= 0.3 is 0 Å². The number of hydrogen-bond acceptors (Lipinski definition) is 3. The Hall–Kier alpha value is -1.94. The lowest BCUT2D eigenvalue weighted by Crippen LogP contribution is -2.18. The van der Waals surface area contributed by atoms with Gasteiger partial charge in [0.15, 0.2) is 5.82 Å². The van der Waals surface area contributed by atoms with Crippen molar-refractivity contribution in [2.24, 2.45) is 0 Å². The Labute approximate surface area is 126 Å². The van der Waals surface area contributed by atoms with Crippen molar-refractivity contribution in [2.45, 2.75) is 6.92 Å². The lowest BCUT2D eigenvalue weighted by Gasteiger charge is -2.24. The molecule has 100 valence electrons. The van der Waals surface area contributed by atoms with Crippen molar-refractivity contribution in [1.82, 2.24) is 9.97 Å². The number of aromatic nitrogens is 2. The van der Waals surface area contributed by atoms with E-state index in [1.165, 1.54) is 10.8 Å². The van der Waals surface area contributed by atoms with E-state index in [1.54, 1.807) is 12.5 Å². The summed E-state index contributed by atoms with van der Waals surface area (Å²) in [7, 11) is 0. The second-order valence-corrected chi connectivity index (χ2v) is 5.29. The second kappa shape index (κ2) is 5.59. The molecule has 0 unspecified atom stereocenters. The maximum absolute atomic E-state index is 4.40.